The zero-order valence-electron chi connectivity index (χ0n) is 53.9. The van der Waals surface area contributed by atoms with Crippen molar-refractivity contribution >= 4 is 10.1 Å². The fraction of sp³-hybridized carbons (Fsp3) is 0.919. The largest absolute Gasteiger partial charge is 0.294 e. The lowest BCUT2D eigenvalue weighted by Crippen LogP contribution is -2.11. The van der Waals surface area contributed by atoms with Gasteiger partial charge in [-0.3, -0.25) is 4.55 Å². The third kappa shape index (κ3) is 48.6. The third-order valence-electron chi connectivity index (χ3n) is 18.3. The molecule has 1 aromatic rings. The van der Waals surface area contributed by atoms with E-state index in [1.54, 1.807) is 0 Å². The molecule has 0 heterocycles. The Morgan fingerprint density at radius 3 is 0.641 bits per heavy atom. The van der Waals surface area contributed by atoms with Crippen LogP contribution >= 0.6 is 0 Å². The lowest BCUT2D eigenvalue weighted by atomic mass is 9.83. The van der Waals surface area contributed by atoms with Gasteiger partial charge in [0, 0.05) is 0 Å². The monoisotopic (exact) mass is 1110 g/mol. The van der Waals surface area contributed by atoms with Crippen LogP contribution in [0.2, 0.25) is 0 Å². The first-order valence-electron chi connectivity index (χ1n) is 36.5. The summed E-state index contributed by atoms with van der Waals surface area (Å²) in [7, 11) is -4.33. The molecule has 1 N–H and O–H groups in total. The topological polar surface area (TPSA) is 54.4 Å². The first kappa shape index (κ1) is 75.1. The summed E-state index contributed by atoms with van der Waals surface area (Å²) >= 11 is 0. The van der Waals surface area contributed by atoms with Crippen molar-refractivity contribution in [3.8, 4) is 0 Å². The van der Waals surface area contributed by atoms with E-state index in [0.717, 1.165) is 31.2 Å². The van der Waals surface area contributed by atoms with Gasteiger partial charge in [-0.15, -0.1) is 0 Å². The van der Waals surface area contributed by atoms with Crippen molar-refractivity contribution in [1.82, 2.24) is 0 Å². The van der Waals surface area contributed by atoms with Crippen molar-refractivity contribution in [2.75, 3.05) is 0 Å². The maximum Gasteiger partial charge on any atom is 0.294 e. The van der Waals surface area contributed by atoms with E-state index in [2.05, 4.69) is 39.8 Å². The minimum Gasteiger partial charge on any atom is -0.282 e. The highest BCUT2D eigenvalue weighted by atomic mass is 32.2. The number of hydrogen-bond donors (Lipinski definition) is 1. The van der Waals surface area contributed by atoms with E-state index in [1.165, 1.54) is 378 Å². The number of hydrogen-bond acceptors (Lipinski definition) is 2. The maximum atomic E-state index is 13.3. The lowest BCUT2D eigenvalue weighted by Gasteiger charge is -2.24. The normalized spacial score (nSPS) is 12.8. The second kappa shape index (κ2) is 59.3. The summed E-state index contributed by atoms with van der Waals surface area (Å²) in [6, 6.07) is 6.27. The molecule has 3 nitrogen and oxygen atoms in total. The molecule has 0 amide bonds. The van der Waals surface area contributed by atoms with Crippen LogP contribution in [0.5, 0.6) is 0 Å². The SMILES string of the molecule is CCCCCCCCCCCCCCCCCC(CCCCCCCCCCCCCCCC)c1ccc(S(=O)(=O)O)c(C(CCCCCCCCCCCCCCCC)CCCCCCCCCCCCCCCCC)c1. The zero-order valence-corrected chi connectivity index (χ0v) is 54.7. The van der Waals surface area contributed by atoms with E-state index in [1.807, 2.05) is 6.07 Å². The van der Waals surface area contributed by atoms with E-state index in [4.69, 9.17) is 0 Å². The summed E-state index contributed by atoms with van der Waals surface area (Å²) < 4.78 is 37.3. The molecule has 0 aromatic heterocycles. The first-order chi connectivity index (χ1) is 38.4. The Labute approximate surface area is 492 Å². The molecule has 1 aromatic carbocycles. The van der Waals surface area contributed by atoms with Gasteiger partial charge in [0.05, 0.1) is 4.90 Å². The van der Waals surface area contributed by atoms with E-state index in [9.17, 15) is 13.0 Å². The van der Waals surface area contributed by atoms with Crippen LogP contribution < -0.4 is 0 Å². The zero-order chi connectivity index (χ0) is 56.3. The number of benzene rings is 1. The summed E-state index contributed by atoms with van der Waals surface area (Å²) in [4.78, 5) is 0.199. The first-order valence-corrected chi connectivity index (χ1v) is 37.9. The van der Waals surface area contributed by atoms with Gasteiger partial charge in [0.25, 0.3) is 10.1 Å². The summed E-state index contributed by atoms with van der Waals surface area (Å²) in [6.45, 7) is 9.22. The summed E-state index contributed by atoms with van der Waals surface area (Å²) in [5.41, 5.74) is 2.29. The van der Waals surface area contributed by atoms with Crippen LogP contribution in [0.1, 0.15) is 449 Å². The van der Waals surface area contributed by atoms with Crippen LogP contribution in [0, 0.1) is 0 Å². The van der Waals surface area contributed by atoms with Gasteiger partial charge in [0.15, 0.2) is 0 Å². The van der Waals surface area contributed by atoms with Crippen molar-refractivity contribution in [3.05, 3.63) is 29.3 Å². The van der Waals surface area contributed by atoms with E-state index in [-0.39, 0.29) is 10.8 Å². The number of rotatable bonds is 65. The molecule has 2 unspecified atom stereocenters. The maximum absolute atomic E-state index is 13.3. The summed E-state index contributed by atoms with van der Waals surface area (Å²) in [5.74, 6) is 0.652. The van der Waals surface area contributed by atoms with Crippen molar-refractivity contribution in [3.63, 3.8) is 0 Å². The highest BCUT2D eigenvalue weighted by Gasteiger charge is 2.24. The van der Waals surface area contributed by atoms with Crippen LogP contribution in [0.25, 0.3) is 0 Å². The molecular weight excluding hydrogens is 969 g/mol. The van der Waals surface area contributed by atoms with Crippen LogP contribution in [0.4, 0.5) is 0 Å². The minimum absolute atomic E-state index is 0.189. The second-order valence-electron chi connectivity index (χ2n) is 25.9. The summed E-state index contributed by atoms with van der Waals surface area (Å²) in [6.07, 6.45) is 84.0. The molecule has 78 heavy (non-hydrogen) atoms. The van der Waals surface area contributed by atoms with Crippen LogP contribution in [0.3, 0.4) is 0 Å². The highest BCUT2D eigenvalue weighted by Crippen LogP contribution is 2.38. The van der Waals surface area contributed by atoms with Gasteiger partial charge in [0.1, 0.15) is 0 Å². The molecule has 0 bridgehead atoms. The van der Waals surface area contributed by atoms with Gasteiger partial charge >= 0.3 is 0 Å². The molecule has 0 aliphatic heterocycles. The molecule has 4 heteroatoms. The smallest absolute Gasteiger partial charge is 0.282 e. The average molecular weight is 1110 g/mol. The molecule has 462 valence electrons. The van der Waals surface area contributed by atoms with Crippen molar-refractivity contribution in [2.45, 2.75) is 443 Å². The fourth-order valence-corrected chi connectivity index (χ4v) is 13.8. The highest BCUT2D eigenvalue weighted by molar-refractivity contribution is 7.85. The Morgan fingerprint density at radius 1 is 0.269 bits per heavy atom. The Bertz CT molecular complexity index is 1440. The molecule has 0 saturated carbocycles. The molecule has 0 fully saturated rings. The fourth-order valence-electron chi connectivity index (χ4n) is 13.0. The van der Waals surface area contributed by atoms with Crippen LogP contribution in [0.15, 0.2) is 23.1 Å². The Morgan fingerprint density at radius 2 is 0.449 bits per heavy atom. The lowest BCUT2D eigenvalue weighted by molar-refractivity contribution is 0.460. The number of unbranched alkanes of at least 4 members (excludes halogenated alkanes) is 54. The molecule has 2 atom stereocenters. The Balaban J connectivity index is 2.96. The Hall–Kier alpha value is -0.870. The van der Waals surface area contributed by atoms with Crippen molar-refractivity contribution in [2.24, 2.45) is 0 Å². The predicted octanol–water partition coefficient (Wildman–Crippen LogP) is 27.4. The quantitative estimate of drug-likeness (QED) is 0.0522. The average Bonchev–Trinajstić information content (AvgIpc) is 3.47. The van der Waals surface area contributed by atoms with Crippen molar-refractivity contribution in [1.29, 1.82) is 0 Å². The van der Waals surface area contributed by atoms with Gasteiger partial charge in [0.2, 0.25) is 0 Å². The van der Waals surface area contributed by atoms with Gasteiger partial charge in [-0.1, -0.05) is 412 Å². The van der Waals surface area contributed by atoms with E-state index in [0.29, 0.717) is 5.92 Å². The van der Waals surface area contributed by atoms with Crippen LogP contribution in [-0.4, -0.2) is 13.0 Å². The molecule has 0 saturated heterocycles. The second-order valence-corrected chi connectivity index (χ2v) is 27.3. The minimum atomic E-state index is -4.33. The van der Waals surface area contributed by atoms with Gasteiger partial charge < -0.3 is 0 Å². The molecule has 0 aliphatic rings. The van der Waals surface area contributed by atoms with E-state index < -0.39 is 10.1 Å². The molecule has 0 radical (unpaired) electrons. The summed E-state index contributed by atoms with van der Waals surface area (Å²) in [5, 5.41) is 0. The van der Waals surface area contributed by atoms with Gasteiger partial charge in [-0.05, 0) is 54.7 Å². The Kier molecular flexibility index (Phi) is 57.1. The van der Waals surface area contributed by atoms with Crippen LogP contribution in [-0.2, 0) is 10.1 Å². The predicted molar refractivity (Wildman–Crippen MR) is 351 cm³/mol. The molecular formula is C74H142O3S. The standard InChI is InChI=1S/C74H142O3S/c1-5-9-13-17-21-25-29-33-37-41-44-48-52-56-60-64-70(63-59-55-51-47-43-39-35-31-27-23-19-15-11-7-3)72-67-68-74(78(75,76)77)73(69-72)71(65-61-57-53-49-45-40-36-32-28-24-20-16-12-8-4)66-62-58-54-50-46-42-38-34-30-26-22-18-14-10-6-2/h67-71H,5-66H2,1-4H3,(H,75,76,77). The molecule has 0 spiro atoms. The van der Waals surface area contributed by atoms with Gasteiger partial charge in [-0.2, -0.15) is 8.42 Å². The van der Waals surface area contributed by atoms with E-state index >= 15 is 0 Å². The molecule has 1 rings (SSSR count). The third-order valence-corrected chi connectivity index (χ3v) is 19.3. The molecule has 0 aliphatic carbocycles. The van der Waals surface area contributed by atoms with Crippen molar-refractivity contribution < 1.29 is 13.0 Å². The van der Waals surface area contributed by atoms with Gasteiger partial charge in [-0.25, -0.2) is 0 Å².